The van der Waals surface area contributed by atoms with E-state index >= 15 is 0 Å². The number of aromatic nitrogens is 2. The molecule has 70 valence electrons. The van der Waals surface area contributed by atoms with Gasteiger partial charge in [0, 0.05) is 18.2 Å². The van der Waals surface area contributed by atoms with E-state index in [1.807, 2.05) is 0 Å². The Morgan fingerprint density at radius 2 is 2.31 bits per heavy atom. The van der Waals surface area contributed by atoms with Crippen LogP contribution in [0.2, 0.25) is 0 Å². The lowest BCUT2D eigenvalue weighted by Crippen LogP contribution is -2.03. The third-order valence-corrected chi connectivity index (χ3v) is 1.51. The van der Waals surface area contributed by atoms with Crippen LogP contribution in [0.5, 0.6) is 0 Å². The first-order chi connectivity index (χ1) is 6.08. The number of rotatable bonds is 3. The SMILES string of the molecule is Cc1nc(N)cc(CCC(=O)O)n1. The maximum atomic E-state index is 10.3. The van der Waals surface area contributed by atoms with Gasteiger partial charge in [-0.15, -0.1) is 0 Å². The van der Waals surface area contributed by atoms with Gasteiger partial charge in [-0.1, -0.05) is 0 Å². The van der Waals surface area contributed by atoms with Gasteiger partial charge in [-0.05, 0) is 6.92 Å². The molecular weight excluding hydrogens is 170 g/mol. The van der Waals surface area contributed by atoms with Crippen molar-refractivity contribution in [2.24, 2.45) is 0 Å². The van der Waals surface area contributed by atoms with Gasteiger partial charge in [0.15, 0.2) is 0 Å². The summed E-state index contributed by atoms with van der Waals surface area (Å²) in [6.07, 6.45) is 0.457. The molecule has 1 aromatic rings. The monoisotopic (exact) mass is 181 g/mol. The van der Waals surface area contributed by atoms with Crippen molar-refractivity contribution in [3.05, 3.63) is 17.6 Å². The Morgan fingerprint density at radius 3 is 2.85 bits per heavy atom. The molecule has 5 nitrogen and oxygen atoms in total. The Hall–Kier alpha value is -1.65. The van der Waals surface area contributed by atoms with Crippen molar-refractivity contribution in [2.75, 3.05) is 5.73 Å². The molecule has 0 saturated carbocycles. The molecule has 3 N–H and O–H groups in total. The molecular formula is C8H11N3O2. The van der Waals surface area contributed by atoms with Gasteiger partial charge in [-0.3, -0.25) is 4.79 Å². The van der Waals surface area contributed by atoms with Gasteiger partial charge in [0.05, 0.1) is 6.42 Å². The maximum Gasteiger partial charge on any atom is 0.303 e. The number of aliphatic carboxylic acids is 1. The van der Waals surface area contributed by atoms with Crippen LogP contribution in [-0.4, -0.2) is 21.0 Å². The first-order valence-corrected chi connectivity index (χ1v) is 3.90. The fourth-order valence-corrected chi connectivity index (χ4v) is 1.02. The zero-order valence-corrected chi connectivity index (χ0v) is 7.32. The summed E-state index contributed by atoms with van der Waals surface area (Å²) in [5.41, 5.74) is 6.14. The zero-order chi connectivity index (χ0) is 9.84. The number of hydrogen-bond donors (Lipinski definition) is 2. The molecule has 0 aliphatic carbocycles. The first kappa shape index (κ1) is 9.44. The van der Waals surface area contributed by atoms with Crippen molar-refractivity contribution >= 4 is 11.8 Å². The standard InChI is InChI=1S/C8H11N3O2/c1-5-10-6(2-3-8(12)13)4-7(9)11-5/h4H,2-3H2,1H3,(H,12,13)(H2,9,10,11). The van der Waals surface area contributed by atoms with Crippen LogP contribution in [0.1, 0.15) is 17.9 Å². The van der Waals surface area contributed by atoms with Crippen molar-refractivity contribution in [2.45, 2.75) is 19.8 Å². The second kappa shape index (κ2) is 3.84. The lowest BCUT2D eigenvalue weighted by Gasteiger charge is -2.00. The number of aryl methyl sites for hydroxylation is 2. The molecule has 0 atom stereocenters. The molecule has 1 aromatic heterocycles. The van der Waals surface area contributed by atoms with E-state index in [1.54, 1.807) is 13.0 Å². The van der Waals surface area contributed by atoms with Crippen molar-refractivity contribution in [3.8, 4) is 0 Å². The molecule has 0 spiro atoms. The number of carboxylic acid groups (broad SMARTS) is 1. The number of nitrogen functional groups attached to an aromatic ring is 1. The fraction of sp³-hybridized carbons (Fsp3) is 0.375. The topological polar surface area (TPSA) is 89.1 Å². The molecule has 13 heavy (non-hydrogen) atoms. The molecule has 0 aliphatic rings. The highest BCUT2D eigenvalue weighted by Crippen LogP contribution is 2.04. The number of carboxylic acids is 1. The minimum Gasteiger partial charge on any atom is -0.481 e. The molecule has 1 rings (SSSR count). The Bertz CT molecular complexity index is 305. The number of anilines is 1. The van der Waals surface area contributed by atoms with Gasteiger partial charge in [-0.25, -0.2) is 9.97 Å². The molecule has 0 aliphatic heterocycles. The average Bonchev–Trinajstić information content (AvgIpc) is 1.99. The molecule has 5 heteroatoms. The van der Waals surface area contributed by atoms with Crippen LogP contribution < -0.4 is 5.73 Å². The average molecular weight is 181 g/mol. The highest BCUT2D eigenvalue weighted by Gasteiger charge is 2.02. The second-order valence-electron chi connectivity index (χ2n) is 2.73. The fourth-order valence-electron chi connectivity index (χ4n) is 1.02. The Balaban J connectivity index is 2.71. The first-order valence-electron chi connectivity index (χ1n) is 3.90. The lowest BCUT2D eigenvalue weighted by molar-refractivity contribution is -0.136. The van der Waals surface area contributed by atoms with Gasteiger partial charge >= 0.3 is 5.97 Å². The third-order valence-electron chi connectivity index (χ3n) is 1.51. The number of nitrogens with two attached hydrogens (primary N) is 1. The molecule has 0 unspecified atom stereocenters. The molecule has 0 fully saturated rings. The smallest absolute Gasteiger partial charge is 0.303 e. The van der Waals surface area contributed by atoms with Gasteiger partial charge in [0.1, 0.15) is 11.6 Å². The summed E-state index contributed by atoms with van der Waals surface area (Å²) >= 11 is 0. The number of nitrogens with zero attached hydrogens (tertiary/aromatic N) is 2. The largest absolute Gasteiger partial charge is 0.481 e. The highest BCUT2D eigenvalue weighted by molar-refractivity contribution is 5.67. The van der Waals surface area contributed by atoms with E-state index < -0.39 is 5.97 Å². The Morgan fingerprint density at radius 1 is 1.62 bits per heavy atom. The van der Waals surface area contributed by atoms with E-state index in [9.17, 15) is 4.79 Å². The van der Waals surface area contributed by atoms with Gasteiger partial charge in [0.2, 0.25) is 0 Å². The van der Waals surface area contributed by atoms with Crippen LogP contribution in [-0.2, 0) is 11.2 Å². The van der Waals surface area contributed by atoms with Crippen molar-refractivity contribution in [3.63, 3.8) is 0 Å². The van der Waals surface area contributed by atoms with Crippen LogP contribution in [0, 0.1) is 6.92 Å². The van der Waals surface area contributed by atoms with Crippen LogP contribution in [0.15, 0.2) is 6.07 Å². The summed E-state index contributed by atoms with van der Waals surface area (Å²) in [6, 6.07) is 1.59. The van der Waals surface area contributed by atoms with E-state index in [4.69, 9.17) is 10.8 Å². The number of hydrogen-bond acceptors (Lipinski definition) is 4. The summed E-state index contributed by atoms with van der Waals surface area (Å²) in [5.74, 6) is 0.114. The molecule has 0 bridgehead atoms. The zero-order valence-electron chi connectivity index (χ0n) is 7.32. The summed E-state index contributed by atoms with van der Waals surface area (Å²) < 4.78 is 0. The van der Waals surface area contributed by atoms with Crippen molar-refractivity contribution < 1.29 is 9.90 Å². The lowest BCUT2D eigenvalue weighted by atomic mass is 10.2. The van der Waals surface area contributed by atoms with E-state index in [0.29, 0.717) is 23.8 Å². The van der Waals surface area contributed by atoms with Crippen molar-refractivity contribution in [1.82, 2.24) is 9.97 Å². The Labute approximate surface area is 75.6 Å². The van der Waals surface area contributed by atoms with Crippen LogP contribution in [0.25, 0.3) is 0 Å². The molecule has 0 amide bonds. The van der Waals surface area contributed by atoms with Gasteiger partial charge < -0.3 is 10.8 Å². The quantitative estimate of drug-likeness (QED) is 0.703. The Kier molecular flexibility index (Phi) is 2.79. The maximum absolute atomic E-state index is 10.3. The predicted molar refractivity (Wildman–Crippen MR) is 47.1 cm³/mol. The van der Waals surface area contributed by atoms with Crippen LogP contribution in [0.4, 0.5) is 5.82 Å². The number of carbonyl (C=O) groups is 1. The minimum atomic E-state index is -0.838. The van der Waals surface area contributed by atoms with Crippen LogP contribution in [0.3, 0.4) is 0 Å². The van der Waals surface area contributed by atoms with E-state index in [2.05, 4.69) is 9.97 Å². The normalized spacial score (nSPS) is 9.92. The minimum absolute atomic E-state index is 0.0654. The van der Waals surface area contributed by atoms with Crippen LogP contribution >= 0.6 is 0 Å². The van der Waals surface area contributed by atoms with Gasteiger partial charge in [-0.2, -0.15) is 0 Å². The summed E-state index contributed by atoms with van der Waals surface area (Å²) in [6.45, 7) is 1.72. The third kappa shape index (κ3) is 3.06. The molecule has 0 saturated heterocycles. The van der Waals surface area contributed by atoms with Crippen molar-refractivity contribution in [1.29, 1.82) is 0 Å². The molecule has 0 radical (unpaired) electrons. The van der Waals surface area contributed by atoms with E-state index in [-0.39, 0.29) is 6.42 Å². The second-order valence-corrected chi connectivity index (χ2v) is 2.73. The molecule has 0 aromatic carbocycles. The predicted octanol–water partition coefficient (Wildman–Crippen LogP) is 0.384. The van der Waals surface area contributed by atoms with Gasteiger partial charge in [0.25, 0.3) is 0 Å². The summed E-state index contributed by atoms with van der Waals surface area (Å²) in [7, 11) is 0. The summed E-state index contributed by atoms with van der Waals surface area (Å²) in [5, 5.41) is 8.44. The van der Waals surface area contributed by atoms with E-state index in [1.165, 1.54) is 0 Å². The van der Waals surface area contributed by atoms with E-state index in [0.717, 1.165) is 0 Å². The highest BCUT2D eigenvalue weighted by atomic mass is 16.4. The molecule has 1 heterocycles. The summed E-state index contributed by atoms with van der Waals surface area (Å²) in [4.78, 5) is 18.2.